The molecule has 0 saturated heterocycles. The van der Waals surface area contributed by atoms with E-state index in [-0.39, 0.29) is 6.67 Å². The zero-order chi connectivity index (χ0) is 9.05. The molecule has 0 aromatic heterocycles. The first-order chi connectivity index (χ1) is 6.20. The maximum atomic E-state index is 12.9. The van der Waals surface area contributed by atoms with E-state index in [2.05, 4.69) is 6.92 Å². The Hall–Kier alpha value is -0.0700. The van der Waals surface area contributed by atoms with Crippen LogP contribution in [-0.2, 0) is 0 Å². The molecular weight excluding hydrogens is 163 g/mol. The summed E-state index contributed by atoms with van der Waals surface area (Å²) in [5.74, 6) is 2.91. The number of rotatable bonds is 1. The van der Waals surface area contributed by atoms with E-state index in [1.165, 1.54) is 32.1 Å². The largest absolute Gasteiger partial charge is 0.251 e. The highest BCUT2D eigenvalue weighted by molar-refractivity contribution is 5.02. The van der Waals surface area contributed by atoms with E-state index in [1.807, 2.05) is 0 Å². The lowest BCUT2D eigenvalue weighted by Gasteiger charge is -2.58. The molecule has 0 nitrogen and oxygen atoms in total. The van der Waals surface area contributed by atoms with Gasteiger partial charge in [0.25, 0.3) is 0 Å². The molecule has 2 unspecified atom stereocenters. The van der Waals surface area contributed by atoms with Crippen LogP contribution < -0.4 is 0 Å². The van der Waals surface area contributed by atoms with E-state index in [0.29, 0.717) is 11.3 Å². The van der Waals surface area contributed by atoms with Gasteiger partial charge in [0.15, 0.2) is 0 Å². The van der Waals surface area contributed by atoms with Crippen LogP contribution in [0.3, 0.4) is 0 Å². The fraction of sp³-hybridized carbons (Fsp3) is 1.00. The summed E-state index contributed by atoms with van der Waals surface area (Å²) in [7, 11) is 0. The van der Waals surface area contributed by atoms with Gasteiger partial charge in [-0.25, -0.2) is 0 Å². The van der Waals surface area contributed by atoms with Gasteiger partial charge < -0.3 is 0 Å². The molecule has 1 heteroatoms. The molecule has 4 saturated carbocycles. The highest BCUT2D eigenvalue weighted by atomic mass is 19.1. The lowest BCUT2D eigenvalue weighted by atomic mass is 9.47. The molecule has 74 valence electrons. The normalized spacial score (nSPS) is 58.6. The molecule has 0 aromatic rings. The Morgan fingerprint density at radius 3 is 2.23 bits per heavy atom. The summed E-state index contributed by atoms with van der Waals surface area (Å²) < 4.78 is 12.9. The maximum absolute atomic E-state index is 12.9. The SMILES string of the molecule is CC12CC3CC(C1)C(CF)C(C3)C2. The predicted molar refractivity (Wildman–Crippen MR) is 51.1 cm³/mol. The molecule has 0 amide bonds. The Morgan fingerprint density at radius 2 is 1.77 bits per heavy atom. The van der Waals surface area contributed by atoms with Gasteiger partial charge in [0.1, 0.15) is 0 Å². The summed E-state index contributed by atoms with van der Waals surface area (Å²) >= 11 is 0. The van der Waals surface area contributed by atoms with Crippen molar-refractivity contribution in [1.29, 1.82) is 0 Å². The Kier molecular flexibility index (Phi) is 1.58. The second kappa shape index (κ2) is 2.49. The Labute approximate surface area is 79.9 Å². The number of halogens is 1. The van der Waals surface area contributed by atoms with E-state index in [4.69, 9.17) is 0 Å². The fourth-order valence-corrected chi connectivity index (χ4v) is 4.79. The van der Waals surface area contributed by atoms with Gasteiger partial charge >= 0.3 is 0 Å². The van der Waals surface area contributed by atoms with Crippen molar-refractivity contribution in [3.05, 3.63) is 0 Å². The smallest absolute Gasteiger partial charge is 0.0927 e. The molecule has 0 spiro atoms. The van der Waals surface area contributed by atoms with Crippen LogP contribution in [0.1, 0.15) is 39.0 Å². The molecular formula is C12H19F. The Balaban J connectivity index is 1.90. The van der Waals surface area contributed by atoms with Gasteiger partial charge in [0, 0.05) is 0 Å². The van der Waals surface area contributed by atoms with Crippen molar-refractivity contribution in [2.24, 2.45) is 29.1 Å². The second-order valence-electron chi connectivity index (χ2n) is 6.10. The lowest BCUT2D eigenvalue weighted by Crippen LogP contribution is -2.50. The summed E-state index contributed by atoms with van der Waals surface area (Å²) in [6, 6.07) is 0. The fourth-order valence-electron chi connectivity index (χ4n) is 4.79. The van der Waals surface area contributed by atoms with Crippen molar-refractivity contribution < 1.29 is 4.39 Å². The molecule has 0 heterocycles. The third-order valence-electron chi connectivity index (χ3n) is 4.95. The van der Waals surface area contributed by atoms with Crippen LogP contribution in [0.5, 0.6) is 0 Å². The summed E-state index contributed by atoms with van der Waals surface area (Å²) in [4.78, 5) is 0. The van der Waals surface area contributed by atoms with Crippen LogP contribution in [0, 0.1) is 29.1 Å². The highest BCUT2D eigenvalue weighted by Gasteiger charge is 2.52. The van der Waals surface area contributed by atoms with E-state index < -0.39 is 0 Å². The van der Waals surface area contributed by atoms with Gasteiger partial charge in [-0.1, -0.05) is 6.92 Å². The first-order valence-corrected chi connectivity index (χ1v) is 5.76. The van der Waals surface area contributed by atoms with E-state index in [0.717, 1.165) is 17.8 Å². The van der Waals surface area contributed by atoms with Crippen molar-refractivity contribution >= 4 is 0 Å². The van der Waals surface area contributed by atoms with Crippen molar-refractivity contribution in [2.45, 2.75) is 39.0 Å². The van der Waals surface area contributed by atoms with Crippen LogP contribution in [0.2, 0.25) is 0 Å². The Bertz CT molecular complexity index is 207. The molecule has 4 aliphatic carbocycles. The Morgan fingerprint density at radius 1 is 1.15 bits per heavy atom. The van der Waals surface area contributed by atoms with Gasteiger partial charge in [-0.2, -0.15) is 0 Å². The molecule has 0 N–H and O–H groups in total. The minimum Gasteiger partial charge on any atom is -0.251 e. The van der Waals surface area contributed by atoms with Crippen LogP contribution in [0.4, 0.5) is 4.39 Å². The van der Waals surface area contributed by atoms with Gasteiger partial charge in [-0.05, 0) is 61.2 Å². The van der Waals surface area contributed by atoms with Crippen LogP contribution in [0.15, 0.2) is 0 Å². The summed E-state index contributed by atoms with van der Waals surface area (Å²) in [5.41, 5.74) is 0.613. The first-order valence-electron chi connectivity index (χ1n) is 5.76. The minimum atomic E-state index is -0.0435. The second-order valence-corrected chi connectivity index (χ2v) is 6.10. The molecule has 4 bridgehead atoms. The summed E-state index contributed by atoms with van der Waals surface area (Å²) in [5, 5.41) is 0. The zero-order valence-electron chi connectivity index (χ0n) is 8.43. The van der Waals surface area contributed by atoms with E-state index in [1.54, 1.807) is 0 Å². The highest BCUT2D eigenvalue weighted by Crippen LogP contribution is 2.61. The van der Waals surface area contributed by atoms with E-state index in [9.17, 15) is 4.39 Å². The summed E-state index contributed by atoms with van der Waals surface area (Å²) in [6.07, 6.45) is 6.80. The standard InChI is InChI=1S/C12H19F/c1-12-4-8-2-9(5-12)11(7-13)10(3-8)6-12/h8-11H,2-7H2,1H3. The zero-order valence-corrected chi connectivity index (χ0v) is 8.43. The van der Waals surface area contributed by atoms with Crippen molar-refractivity contribution in [3.63, 3.8) is 0 Å². The summed E-state index contributed by atoms with van der Waals surface area (Å²) in [6.45, 7) is 2.39. The molecule has 2 atom stereocenters. The lowest BCUT2D eigenvalue weighted by molar-refractivity contribution is -0.0918. The van der Waals surface area contributed by atoms with Crippen LogP contribution >= 0.6 is 0 Å². The first kappa shape index (κ1) is 8.26. The van der Waals surface area contributed by atoms with Gasteiger partial charge in [0.05, 0.1) is 6.67 Å². The molecule has 4 fully saturated rings. The maximum Gasteiger partial charge on any atom is 0.0927 e. The molecule has 13 heavy (non-hydrogen) atoms. The third kappa shape index (κ3) is 1.08. The van der Waals surface area contributed by atoms with Gasteiger partial charge in [0.2, 0.25) is 0 Å². The van der Waals surface area contributed by atoms with Gasteiger partial charge in [-0.15, -0.1) is 0 Å². The number of hydrogen-bond acceptors (Lipinski definition) is 0. The van der Waals surface area contributed by atoms with Gasteiger partial charge in [-0.3, -0.25) is 4.39 Å². The molecule has 0 radical (unpaired) electrons. The number of alkyl halides is 1. The molecule has 0 aromatic carbocycles. The minimum absolute atomic E-state index is 0.0435. The van der Waals surface area contributed by atoms with Crippen LogP contribution in [0.25, 0.3) is 0 Å². The molecule has 4 aliphatic rings. The topological polar surface area (TPSA) is 0 Å². The van der Waals surface area contributed by atoms with Crippen molar-refractivity contribution in [3.8, 4) is 0 Å². The van der Waals surface area contributed by atoms with Crippen molar-refractivity contribution in [1.82, 2.24) is 0 Å². The van der Waals surface area contributed by atoms with Crippen LogP contribution in [-0.4, -0.2) is 6.67 Å². The average Bonchev–Trinajstić information content (AvgIpc) is 2.00. The quantitative estimate of drug-likeness (QED) is 0.583. The molecule has 4 rings (SSSR count). The van der Waals surface area contributed by atoms with E-state index >= 15 is 0 Å². The third-order valence-corrected chi connectivity index (χ3v) is 4.95. The average molecular weight is 182 g/mol. The van der Waals surface area contributed by atoms with Crippen molar-refractivity contribution in [2.75, 3.05) is 6.67 Å². The molecule has 0 aliphatic heterocycles. The number of hydrogen-bond donors (Lipinski definition) is 0. The predicted octanol–water partition coefficient (Wildman–Crippen LogP) is 3.42. The monoisotopic (exact) mass is 182 g/mol.